The second kappa shape index (κ2) is 8.19. The van der Waals surface area contributed by atoms with E-state index in [2.05, 4.69) is 11.8 Å². The Hall–Kier alpha value is -3.13. The van der Waals surface area contributed by atoms with Crippen LogP contribution in [0.2, 0.25) is 0 Å². The number of nitrogens with zero attached hydrogens (tertiary/aromatic N) is 1. The molecule has 2 fully saturated rings. The van der Waals surface area contributed by atoms with Gasteiger partial charge in [-0.05, 0) is 80.0 Å². The van der Waals surface area contributed by atoms with Gasteiger partial charge in [0.1, 0.15) is 17.5 Å². The highest BCUT2D eigenvalue weighted by atomic mass is 16.3. The van der Waals surface area contributed by atoms with Gasteiger partial charge in [0, 0.05) is 31.5 Å². The van der Waals surface area contributed by atoms with Crippen LogP contribution in [-0.4, -0.2) is 35.5 Å². The van der Waals surface area contributed by atoms with Crippen LogP contribution in [0.1, 0.15) is 71.3 Å². The second-order valence-electron chi connectivity index (χ2n) is 8.89. The minimum atomic E-state index is -0.683. The number of furan rings is 1. The van der Waals surface area contributed by atoms with Crippen LogP contribution < -0.4 is 0 Å². The molecule has 1 aliphatic carbocycles. The first-order valence-corrected chi connectivity index (χ1v) is 10.8. The third-order valence-corrected chi connectivity index (χ3v) is 6.74. The normalized spacial score (nSPS) is 18.7. The smallest absolute Gasteiger partial charge is 0.289 e. The van der Waals surface area contributed by atoms with E-state index in [-0.39, 0.29) is 22.9 Å². The molecule has 2 aromatic rings. The molecule has 1 saturated heterocycles. The molecule has 2 aliphatic rings. The minimum Gasteiger partial charge on any atom is -0.459 e. The van der Waals surface area contributed by atoms with Crippen molar-refractivity contribution in [2.45, 2.75) is 52.4 Å². The van der Waals surface area contributed by atoms with Gasteiger partial charge in [0.05, 0.1) is 6.26 Å². The molecule has 0 bridgehead atoms. The zero-order valence-electron chi connectivity index (χ0n) is 18.3. The summed E-state index contributed by atoms with van der Waals surface area (Å²) in [5.74, 6) is 5.47. The van der Waals surface area contributed by atoms with Gasteiger partial charge >= 0.3 is 0 Å². The SMILES string of the molecule is CC#Cc1cc(C)c(C2C(=O)CC3(CCN(C(=O)c4ccco4)CC3)CC2=O)c(C)c1. The number of hydrogen-bond donors (Lipinski definition) is 0. The molecule has 31 heavy (non-hydrogen) atoms. The molecule has 1 spiro atoms. The minimum absolute atomic E-state index is 0.00240. The number of ketones is 2. The molecular formula is C26H27NO4. The van der Waals surface area contributed by atoms with Crippen molar-refractivity contribution < 1.29 is 18.8 Å². The van der Waals surface area contributed by atoms with Crippen LogP contribution in [-0.2, 0) is 9.59 Å². The molecular weight excluding hydrogens is 390 g/mol. The number of Topliss-reactive ketones (excluding diaryl/α,β-unsaturated/α-hetero) is 2. The number of carbonyl (C=O) groups is 3. The summed E-state index contributed by atoms with van der Waals surface area (Å²) >= 11 is 0. The van der Waals surface area contributed by atoms with Crippen molar-refractivity contribution in [2.24, 2.45) is 5.41 Å². The van der Waals surface area contributed by atoms with Gasteiger partial charge in [0.25, 0.3) is 5.91 Å². The molecule has 5 heteroatoms. The molecule has 1 aromatic heterocycles. The van der Waals surface area contributed by atoms with Gasteiger partial charge in [0.15, 0.2) is 5.76 Å². The van der Waals surface area contributed by atoms with Crippen molar-refractivity contribution in [3.63, 3.8) is 0 Å². The molecule has 1 aromatic carbocycles. The first-order valence-electron chi connectivity index (χ1n) is 10.8. The van der Waals surface area contributed by atoms with Gasteiger partial charge in [-0.25, -0.2) is 0 Å². The topological polar surface area (TPSA) is 67.6 Å². The van der Waals surface area contributed by atoms with Crippen molar-refractivity contribution in [3.05, 3.63) is 58.5 Å². The molecule has 2 heterocycles. The lowest BCUT2D eigenvalue weighted by Gasteiger charge is -2.44. The summed E-state index contributed by atoms with van der Waals surface area (Å²) in [5, 5.41) is 0. The molecule has 0 N–H and O–H groups in total. The summed E-state index contributed by atoms with van der Waals surface area (Å²) in [6.07, 6.45) is 3.59. The largest absolute Gasteiger partial charge is 0.459 e. The van der Waals surface area contributed by atoms with Crippen LogP contribution in [0, 0.1) is 31.1 Å². The molecule has 0 atom stereocenters. The molecule has 1 saturated carbocycles. The first-order chi connectivity index (χ1) is 14.8. The van der Waals surface area contributed by atoms with Crippen molar-refractivity contribution in [2.75, 3.05) is 13.1 Å². The van der Waals surface area contributed by atoms with Gasteiger partial charge in [-0.1, -0.05) is 5.92 Å². The van der Waals surface area contributed by atoms with E-state index < -0.39 is 5.92 Å². The summed E-state index contributed by atoms with van der Waals surface area (Å²) in [5.41, 5.74) is 3.30. The fourth-order valence-electron chi connectivity index (χ4n) is 5.25. The lowest BCUT2D eigenvalue weighted by atomic mass is 9.62. The standard InChI is InChI=1S/C26H27NO4/c1-4-6-19-13-17(2)23(18(3)14-19)24-20(28)15-26(16-21(24)29)8-10-27(11-9-26)25(30)22-7-5-12-31-22/h5,7,12-14,24H,8-11,15-16H2,1-3H3. The second-order valence-corrected chi connectivity index (χ2v) is 8.89. The average molecular weight is 418 g/mol. The molecule has 1 aliphatic heterocycles. The zero-order valence-corrected chi connectivity index (χ0v) is 18.3. The van der Waals surface area contributed by atoms with Crippen LogP contribution in [0.4, 0.5) is 0 Å². The van der Waals surface area contributed by atoms with Crippen molar-refractivity contribution in [1.82, 2.24) is 4.90 Å². The Balaban J connectivity index is 1.50. The Kier molecular flexibility index (Phi) is 5.58. The lowest BCUT2D eigenvalue weighted by Crippen LogP contribution is -2.48. The lowest BCUT2D eigenvalue weighted by molar-refractivity contribution is -0.138. The highest BCUT2D eigenvalue weighted by Crippen LogP contribution is 2.46. The highest BCUT2D eigenvalue weighted by Gasteiger charge is 2.48. The molecule has 4 rings (SSSR count). The number of carbonyl (C=O) groups excluding carboxylic acids is 3. The number of hydrogen-bond acceptors (Lipinski definition) is 4. The highest BCUT2D eigenvalue weighted by molar-refractivity contribution is 6.10. The maximum absolute atomic E-state index is 13.3. The molecule has 0 radical (unpaired) electrons. The number of likely N-dealkylation sites (tertiary alicyclic amines) is 1. The van der Waals surface area contributed by atoms with Gasteiger partial charge < -0.3 is 9.32 Å². The number of aryl methyl sites for hydroxylation is 2. The Labute approximate surface area is 182 Å². The van der Waals surface area contributed by atoms with Crippen molar-refractivity contribution >= 4 is 17.5 Å². The molecule has 5 nitrogen and oxygen atoms in total. The maximum Gasteiger partial charge on any atom is 0.289 e. The summed E-state index contributed by atoms with van der Waals surface area (Å²) in [6.45, 7) is 6.76. The van der Waals surface area contributed by atoms with Crippen LogP contribution in [0.25, 0.3) is 0 Å². The van der Waals surface area contributed by atoms with Crippen LogP contribution >= 0.6 is 0 Å². The average Bonchev–Trinajstić information content (AvgIpc) is 3.25. The van der Waals surface area contributed by atoms with Gasteiger partial charge in [-0.15, -0.1) is 5.92 Å². The van der Waals surface area contributed by atoms with Crippen LogP contribution in [0.15, 0.2) is 34.9 Å². The van der Waals surface area contributed by atoms with Gasteiger partial charge in [-0.2, -0.15) is 0 Å². The number of piperidine rings is 1. The first kappa shape index (κ1) is 21.1. The predicted molar refractivity (Wildman–Crippen MR) is 117 cm³/mol. The van der Waals surface area contributed by atoms with E-state index in [4.69, 9.17) is 4.42 Å². The van der Waals surface area contributed by atoms with Crippen molar-refractivity contribution in [3.8, 4) is 11.8 Å². The number of benzene rings is 1. The van der Waals surface area contributed by atoms with E-state index >= 15 is 0 Å². The zero-order chi connectivity index (χ0) is 22.2. The van der Waals surface area contributed by atoms with Gasteiger partial charge in [0.2, 0.25) is 0 Å². The third-order valence-electron chi connectivity index (χ3n) is 6.74. The Morgan fingerprint density at radius 1 is 1.10 bits per heavy atom. The van der Waals surface area contributed by atoms with E-state index in [1.165, 1.54) is 6.26 Å². The fourth-order valence-corrected chi connectivity index (χ4v) is 5.25. The third kappa shape index (κ3) is 3.95. The van der Waals surface area contributed by atoms with Gasteiger partial charge in [-0.3, -0.25) is 14.4 Å². The molecule has 0 unspecified atom stereocenters. The Morgan fingerprint density at radius 2 is 1.71 bits per heavy atom. The molecule has 1 amide bonds. The summed E-state index contributed by atoms with van der Waals surface area (Å²) in [6, 6.07) is 7.28. The summed E-state index contributed by atoms with van der Waals surface area (Å²) in [4.78, 5) is 40.8. The Bertz CT molecular complexity index is 1050. The van der Waals surface area contributed by atoms with E-state index in [1.54, 1.807) is 24.0 Å². The fraction of sp³-hybridized carbons (Fsp3) is 0.423. The number of rotatable bonds is 2. The maximum atomic E-state index is 13.3. The molecule has 160 valence electrons. The van der Waals surface area contributed by atoms with E-state index in [9.17, 15) is 14.4 Å². The van der Waals surface area contributed by atoms with E-state index in [1.807, 2.05) is 26.0 Å². The van der Waals surface area contributed by atoms with E-state index in [0.717, 1.165) is 22.3 Å². The quantitative estimate of drug-likeness (QED) is 0.542. The Morgan fingerprint density at radius 3 is 2.23 bits per heavy atom. The summed E-state index contributed by atoms with van der Waals surface area (Å²) in [7, 11) is 0. The van der Waals surface area contributed by atoms with Crippen molar-refractivity contribution in [1.29, 1.82) is 0 Å². The number of amides is 1. The predicted octanol–water partition coefficient (Wildman–Crippen LogP) is 4.21. The summed E-state index contributed by atoms with van der Waals surface area (Å²) < 4.78 is 5.22. The van der Waals surface area contributed by atoms with Crippen LogP contribution in [0.3, 0.4) is 0 Å². The monoisotopic (exact) mass is 417 g/mol. The van der Waals surface area contributed by atoms with Crippen LogP contribution in [0.5, 0.6) is 0 Å². The van der Waals surface area contributed by atoms with E-state index in [0.29, 0.717) is 44.5 Å².